The number of halogens is 5. The van der Waals surface area contributed by atoms with Crippen molar-refractivity contribution in [2.45, 2.75) is 6.18 Å². The second-order valence-electron chi connectivity index (χ2n) is 3.82. The minimum Gasteiger partial charge on any atom is -0.381 e. The van der Waals surface area contributed by atoms with Crippen LogP contribution < -0.4 is 11.5 Å². The Morgan fingerprint density at radius 1 is 1.10 bits per heavy atom. The molecule has 1 aromatic carbocycles. The highest BCUT2D eigenvalue weighted by Gasteiger charge is 2.33. The Balaban J connectivity index is 2.66. The van der Waals surface area contributed by atoms with Crippen molar-refractivity contribution in [3.05, 3.63) is 34.6 Å². The van der Waals surface area contributed by atoms with E-state index in [0.717, 1.165) is 6.07 Å². The minimum atomic E-state index is -4.67. The highest BCUT2D eigenvalue weighted by molar-refractivity contribution is 6.31. The summed E-state index contributed by atoms with van der Waals surface area (Å²) in [5, 5.41) is -0.503. The zero-order valence-electron chi connectivity index (χ0n) is 9.67. The van der Waals surface area contributed by atoms with Crippen molar-refractivity contribution in [3.63, 3.8) is 0 Å². The fourth-order valence-corrected chi connectivity index (χ4v) is 1.79. The first-order valence-corrected chi connectivity index (χ1v) is 5.53. The molecule has 4 nitrogen and oxygen atoms in total. The number of nitrogens with two attached hydrogens (primary N) is 2. The Morgan fingerprint density at radius 3 is 2.35 bits per heavy atom. The predicted molar refractivity (Wildman–Crippen MR) is 66.3 cm³/mol. The average molecular weight is 307 g/mol. The molecule has 0 unspecified atom stereocenters. The molecule has 20 heavy (non-hydrogen) atoms. The maximum absolute atomic E-state index is 13.8. The Morgan fingerprint density at radius 2 is 1.75 bits per heavy atom. The van der Waals surface area contributed by atoms with Gasteiger partial charge in [-0.05, 0) is 12.1 Å². The van der Waals surface area contributed by atoms with Crippen molar-refractivity contribution in [1.29, 1.82) is 0 Å². The summed E-state index contributed by atoms with van der Waals surface area (Å²) < 4.78 is 52.0. The number of anilines is 2. The molecular formula is C11H7ClF4N4. The summed E-state index contributed by atoms with van der Waals surface area (Å²) >= 11 is 5.47. The minimum absolute atomic E-state index is 0.153. The van der Waals surface area contributed by atoms with Gasteiger partial charge in [0.15, 0.2) is 11.6 Å². The summed E-state index contributed by atoms with van der Waals surface area (Å²) in [6, 6.07) is 2.85. The van der Waals surface area contributed by atoms with Gasteiger partial charge in [0.25, 0.3) is 0 Å². The van der Waals surface area contributed by atoms with Gasteiger partial charge in [-0.15, -0.1) is 0 Å². The monoisotopic (exact) mass is 306 g/mol. The second kappa shape index (κ2) is 4.78. The van der Waals surface area contributed by atoms with E-state index in [0.29, 0.717) is 6.07 Å². The van der Waals surface area contributed by atoms with Crippen LogP contribution in [-0.2, 0) is 6.18 Å². The van der Waals surface area contributed by atoms with Crippen LogP contribution in [0.15, 0.2) is 18.2 Å². The third-order valence-electron chi connectivity index (χ3n) is 2.44. The van der Waals surface area contributed by atoms with E-state index in [4.69, 9.17) is 23.1 Å². The Kier molecular flexibility index (Phi) is 3.43. The molecule has 0 fully saturated rings. The van der Waals surface area contributed by atoms with Gasteiger partial charge in [0.05, 0.1) is 10.6 Å². The van der Waals surface area contributed by atoms with E-state index >= 15 is 0 Å². The zero-order chi connectivity index (χ0) is 15.1. The summed E-state index contributed by atoms with van der Waals surface area (Å²) in [5.74, 6) is -1.94. The lowest BCUT2D eigenvalue weighted by molar-refractivity contribution is -0.137. The Labute approximate surface area is 115 Å². The number of rotatable bonds is 1. The van der Waals surface area contributed by atoms with Crippen molar-refractivity contribution < 1.29 is 17.6 Å². The summed E-state index contributed by atoms with van der Waals surface area (Å²) in [6.45, 7) is 0. The quantitative estimate of drug-likeness (QED) is 0.794. The molecule has 0 aliphatic carbocycles. The molecule has 0 saturated heterocycles. The van der Waals surface area contributed by atoms with Crippen LogP contribution in [0.5, 0.6) is 0 Å². The molecule has 4 N–H and O–H groups in total. The van der Waals surface area contributed by atoms with Crippen molar-refractivity contribution in [2.24, 2.45) is 0 Å². The molecule has 1 heterocycles. The molecule has 0 spiro atoms. The van der Waals surface area contributed by atoms with Gasteiger partial charge in [-0.3, -0.25) is 0 Å². The van der Waals surface area contributed by atoms with Gasteiger partial charge in [-0.25, -0.2) is 9.37 Å². The molecule has 106 valence electrons. The molecule has 1 aromatic heterocycles. The third-order valence-corrected chi connectivity index (χ3v) is 2.77. The SMILES string of the molecule is Nc1nc(N)c(F)c(-c2ccc(Cl)c(C(F)(F)F)c2)n1. The normalized spacial score (nSPS) is 11.7. The molecule has 0 atom stereocenters. The summed E-state index contributed by atoms with van der Waals surface area (Å²) in [6.07, 6.45) is -4.67. The molecule has 0 bridgehead atoms. The first-order valence-electron chi connectivity index (χ1n) is 5.15. The maximum Gasteiger partial charge on any atom is 0.417 e. The van der Waals surface area contributed by atoms with Crippen LogP contribution in [-0.4, -0.2) is 9.97 Å². The van der Waals surface area contributed by atoms with E-state index in [1.807, 2.05) is 0 Å². The number of benzene rings is 1. The largest absolute Gasteiger partial charge is 0.417 e. The topological polar surface area (TPSA) is 77.8 Å². The van der Waals surface area contributed by atoms with E-state index in [1.54, 1.807) is 0 Å². The number of nitrogens with zero attached hydrogens (tertiary/aromatic N) is 2. The molecule has 0 aliphatic heterocycles. The molecule has 0 radical (unpaired) electrons. The van der Waals surface area contributed by atoms with Crippen LogP contribution in [0.1, 0.15) is 5.56 Å². The molecule has 2 rings (SSSR count). The second-order valence-corrected chi connectivity index (χ2v) is 4.23. The lowest BCUT2D eigenvalue weighted by Crippen LogP contribution is -2.08. The van der Waals surface area contributed by atoms with Crippen LogP contribution in [0.25, 0.3) is 11.3 Å². The van der Waals surface area contributed by atoms with E-state index in [9.17, 15) is 17.6 Å². The summed E-state index contributed by atoms with van der Waals surface area (Å²) in [5.41, 5.74) is 8.88. The van der Waals surface area contributed by atoms with Gasteiger partial charge < -0.3 is 11.5 Å². The highest BCUT2D eigenvalue weighted by atomic mass is 35.5. The number of alkyl halides is 3. The van der Waals surface area contributed by atoms with Crippen molar-refractivity contribution >= 4 is 23.4 Å². The third kappa shape index (κ3) is 2.60. The van der Waals surface area contributed by atoms with Gasteiger partial charge in [0, 0.05) is 5.56 Å². The Hall–Kier alpha value is -2.09. The Bertz CT molecular complexity index is 672. The fraction of sp³-hybridized carbons (Fsp3) is 0.0909. The molecule has 0 aliphatic rings. The van der Waals surface area contributed by atoms with E-state index < -0.39 is 34.1 Å². The zero-order valence-corrected chi connectivity index (χ0v) is 10.4. The van der Waals surface area contributed by atoms with Crippen LogP contribution in [0, 0.1) is 5.82 Å². The fourth-order valence-electron chi connectivity index (χ4n) is 1.56. The summed E-state index contributed by atoms with van der Waals surface area (Å²) in [4.78, 5) is 6.93. The molecule has 9 heteroatoms. The smallest absolute Gasteiger partial charge is 0.381 e. The van der Waals surface area contributed by atoms with Crippen LogP contribution in [0.2, 0.25) is 5.02 Å². The lowest BCUT2D eigenvalue weighted by Gasteiger charge is -2.11. The van der Waals surface area contributed by atoms with E-state index in [2.05, 4.69) is 9.97 Å². The van der Waals surface area contributed by atoms with Crippen molar-refractivity contribution in [1.82, 2.24) is 9.97 Å². The van der Waals surface area contributed by atoms with Crippen molar-refractivity contribution in [2.75, 3.05) is 11.5 Å². The highest BCUT2D eigenvalue weighted by Crippen LogP contribution is 2.37. The standard InChI is InChI=1S/C11H7ClF4N4/c12-6-2-1-4(3-5(6)11(14,15)16)8-7(13)9(17)20-10(18)19-8/h1-3H,(H4,17,18,19,20). The van der Waals surface area contributed by atoms with Crippen LogP contribution in [0.4, 0.5) is 29.3 Å². The maximum atomic E-state index is 13.8. The van der Waals surface area contributed by atoms with Gasteiger partial charge in [0.1, 0.15) is 5.69 Å². The van der Waals surface area contributed by atoms with Gasteiger partial charge >= 0.3 is 6.18 Å². The van der Waals surface area contributed by atoms with Crippen LogP contribution >= 0.6 is 11.6 Å². The van der Waals surface area contributed by atoms with E-state index in [-0.39, 0.29) is 11.5 Å². The van der Waals surface area contributed by atoms with E-state index in [1.165, 1.54) is 6.07 Å². The number of hydrogen-bond donors (Lipinski definition) is 2. The average Bonchev–Trinajstić information content (AvgIpc) is 2.33. The molecule has 0 amide bonds. The van der Waals surface area contributed by atoms with Gasteiger partial charge in [-0.1, -0.05) is 17.7 Å². The number of aromatic nitrogens is 2. The van der Waals surface area contributed by atoms with Crippen molar-refractivity contribution in [3.8, 4) is 11.3 Å². The molecular weight excluding hydrogens is 300 g/mol. The number of nitrogen functional groups attached to an aromatic ring is 2. The molecule has 0 saturated carbocycles. The number of hydrogen-bond acceptors (Lipinski definition) is 4. The lowest BCUT2D eigenvalue weighted by atomic mass is 10.1. The predicted octanol–water partition coefficient (Wildman–Crippen LogP) is 3.12. The van der Waals surface area contributed by atoms with Crippen LogP contribution in [0.3, 0.4) is 0 Å². The first-order chi connectivity index (χ1) is 9.20. The summed E-state index contributed by atoms with van der Waals surface area (Å²) in [7, 11) is 0. The van der Waals surface area contributed by atoms with Gasteiger partial charge in [0.2, 0.25) is 5.95 Å². The molecule has 2 aromatic rings. The van der Waals surface area contributed by atoms with Gasteiger partial charge in [-0.2, -0.15) is 18.2 Å². The first kappa shape index (κ1) is 14.3.